The van der Waals surface area contributed by atoms with Crippen molar-refractivity contribution >= 4 is 0 Å². The van der Waals surface area contributed by atoms with Crippen LogP contribution in [0, 0.1) is 5.92 Å². The van der Waals surface area contributed by atoms with Crippen LogP contribution in [0.2, 0.25) is 0 Å². The van der Waals surface area contributed by atoms with Crippen LogP contribution in [-0.2, 0) is 16.7 Å². The van der Waals surface area contributed by atoms with Gasteiger partial charge in [0.15, 0.2) is 5.76 Å². The Bertz CT molecular complexity index is 594. The van der Waals surface area contributed by atoms with E-state index in [2.05, 4.69) is 49.5 Å². The summed E-state index contributed by atoms with van der Waals surface area (Å²) in [5.74, 6) is 1.62. The molecule has 2 unspecified atom stereocenters. The van der Waals surface area contributed by atoms with Gasteiger partial charge in [-0.2, -0.15) is 0 Å². The van der Waals surface area contributed by atoms with Crippen molar-refractivity contribution in [1.29, 1.82) is 0 Å². The van der Waals surface area contributed by atoms with Crippen LogP contribution in [0.25, 0.3) is 0 Å². The van der Waals surface area contributed by atoms with Crippen molar-refractivity contribution in [2.24, 2.45) is 5.92 Å². The summed E-state index contributed by atoms with van der Waals surface area (Å²) in [6.45, 7) is 7.45. The third-order valence-corrected chi connectivity index (χ3v) is 5.39. The summed E-state index contributed by atoms with van der Waals surface area (Å²) < 4.78 is 11.5. The zero-order valence-electron chi connectivity index (χ0n) is 14.9. The van der Waals surface area contributed by atoms with Gasteiger partial charge in [-0.3, -0.25) is 0 Å². The standard InChI is InChI=1S/C21H29NO2/c1-17(2)20-15-21(11-14-24-20,18-7-4-3-5-8-18)10-12-22-16-19-9-6-13-23-19/h3-9,13,17,20,22H,10-12,14-16H2,1-2H3/p+1. The predicted octanol–water partition coefficient (Wildman–Crippen LogP) is 3.51. The molecule has 1 aliphatic heterocycles. The van der Waals surface area contributed by atoms with Gasteiger partial charge in [-0.1, -0.05) is 44.2 Å². The summed E-state index contributed by atoms with van der Waals surface area (Å²) in [6.07, 6.45) is 5.55. The van der Waals surface area contributed by atoms with E-state index in [-0.39, 0.29) is 5.41 Å². The zero-order valence-corrected chi connectivity index (χ0v) is 14.9. The summed E-state index contributed by atoms with van der Waals surface area (Å²) in [6, 6.07) is 15.1. The van der Waals surface area contributed by atoms with E-state index < -0.39 is 0 Å². The number of benzene rings is 1. The summed E-state index contributed by atoms with van der Waals surface area (Å²) in [7, 11) is 0. The first-order valence-corrected chi connectivity index (χ1v) is 9.21. The van der Waals surface area contributed by atoms with Crippen LogP contribution in [0.1, 0.15) is 44.4 Å². The van der Waals surface area contributed by atoms with Crippen molar-refractivity contribution in [2.45, 2.75) is 51.2 Å². The molecule has 130 valence electrons. The highest BCUT2D eigenvalue weighted by atomic mass is 16.5. The quantitative estimate of drug-likeness (QED) is 0.790. The second-order valence-corrected chi connectivity index (χ2v) is 7.36. The molecule has 2 heterocycles. The molecule has 0 radical (unpaired) electrons. The molecular formula is C21H30NO2+. The molecule has 1 saturated heterocycles. The lowest BCUT2D eigenvalue weighted by Crippen LogP contribution is -2.83. The topological polar surface area (TPSA) is 39.0 Å². The highest BCUT2D eigenvalue weighted by Gasteiger charge is 2.39. The number of furan rings is 1. The largest absolute Gasteiger partial charge is 0.463 e. The Morgan fingerprint density at radius 3 is 2.71 bits per heavy atom. The Labute approximate surface area is 145 Å². The number of ether oxygens (including phenoxy) is 1. The summed E-state index contributed by atoms with van der Waals surface area (Å²) in [5.41, 5.74) is 1.72. The molecule has 1 aliphatic rings. The molecule has 3 nitrogen and oxygen atoms in total. The van der Waals surface area contributed by atoms with Crippen LogP contribution in [-0.4, -0.2) is 19.3 Å². The molecule has 1 aromatic carbocycles. The Morgan fingerprint density at radius 2 is 2.00 bits per heavy atom. The minimum Gasteiger partial charge on any atom is -0.463 e. The summed E-state index contributed by atoms with van der Waals surface area (Å²) >= 11 is 0. The fraction of sp³-hybridized carbons (Fsp3) is 0.524. The maximum absolute atomic E-state index is 6.06. The number of hydrogen-bond acceptors (Lipinski definition) is 2. The lowest BCUT2D eigenvalue weighted by molar-refractivity contribution is -0.673. The maximum Gasteiger partial charge on any atom is 0.157 e. The van der Waals surface area contributed by atoms with Gasteiger partial charge in [0.1, 0.15) is 6.54 Å². The van der Waals surface area contributed by atoms with E-state index in [1.54, 1.807) is 6.26 Å². The molecule has 1 fully saturated rings. The van der Waals surface area contributed by atoms with Crippen LogP contribution in [0.4, 0.5) is 0 Å². The minimum absolute atomic E-state index is 0.244. The van der Waals surface area contributed by atoms with Gasteiger partial charge in [0.05, 0.1) is 18.9 Å². The molecule has 0 amide bonds. The fourth-order valence-corrected chi connectivity index (χ4v) is 3.86. The second kappa shape index (κ2) is 8.00. The van der Waals surface area contributed by atoms with Crippen molar-refractivity contribution in [1.82, 2.24) is 0 Å². The van der Waals surface area contributed by atoms with Crippen LogP contribution < -0.4 is 5.32 Å². The summed E-state index contributed by atoms with van der Waals surface area (Å²) in [4.78, 5) is 0. The van der Waals surface area contributed by atoms with Crippen LogP contribution in [0.5, 0.6) is 0 Å². The number of hydrogen-bond donors (Lipinski definition) is 1. The molecule has 0 bridgehead atoms. The Kier molecular flexibility index (Phi) is 5.75. The molecule has 2 aromatic rings. The van der Waals surface area contributed by atoms with Gasteiger partial charge >= 0.3 is 0 Å². The van der Waals surface area contributed by atoms with Crippen molar-refractivity contribution in [2.75, 3.05) is 13.2 Å². The number of nitrogens with two attached hydrogens (primary N) is 1. The molecule has 3 rings (SSSR count). The monoisotopic (exact) mass is 328 g/mol. The van der Waals surface area contributed by atoms with Gasteiger partial charge in [-0.15, -0.1) is 0 Å². The van der Waals surface area contributed by atoms with Crippen LogP contribution >= 0.6 is 0 Å². The SMILES string of the molecule is CC(C)C1CC(CC[NH2+]Cc2ccco2)(c2ccccc2)CCO1. The zero-order chi connectivity index (χ0) is 16.8. The van der Waals surface area contributed by atoms with Gasteiger partial charge in [-0.25, -0.2) is 0 Å². The first kappa shape index (κ1) is 17.2. The Balaban J connectivity index is 1.68. The molecule has 0 saturated carbocycles. The van der Waals surface area contributed by atoms with Gasteiger partial charge in [0.2, 0.25) is 0 Å². The van der Waals surface area contributed by atoms with Gasteiger partial charge in [0, 0.05) is 18.4 Å². The van der Waals surface area contributed by atoms with Crippen molar-refractivity contribution in [3.63, 3.8) is 0 Å². The molecule has 0 spiro atoms. The van der Waals surface area contributed by atoms with Crippen LogP contribution in [0.3, 0.4) is 0 Å². The van der Waals surface area contributed by atoms with Gasteiger partial charge in [-0.05, 0) is 36.5 Å². The minimum atomic E-state index is 0.244. The van der Waals surface area contributed by atoms with E-state index in [4.69, 9.17) is 9.15 Å². The van der Waals surface area contributed by atoms with E-state index >= 15 is 0 Å². The van der Waals surface area contributed by atoms with Crippen molar-refractivity contribution < 1.29 is 14.5 Å². The average molecular weight is 328 g/mol. The summed E-state index contributed by atoms with van der Waals surface area (Å²) in [5, 5.41) is 2.36. The van der Waals surface area contributed by atoms with Gasteiger partial charge < -0.3 is 14.5 Å². The molecule has 0 aliphatic carbocycles. The second-order valence-electron chi connectivity index (χ2n) is 7.36. The maximum atomic E-state index is 6.06. The lowest BCUT2D eigenvalue weighted by Gasteiger charge is -2.42. The third-order valence-electron chi connectivity index (χ3n) is 5.39. The molecule has 2 atom stereocenters. The van der Waals surface area contributed by atoms with E-state index in [9.17, 15) is 0 Å². The Hall–Kier alpha value is -1.58. The molecular weight excluding hydrogens is 298 g/mol. The van der Waals surface area contributed by atoms with Crippen molar-refractivity contribution in [3.8, 4) is 0 Å². The first-order valence-electron chi connectivity index (χ1n) is 9.21. The average Bonchev–Trinajstić information content (AvgIpc) is 3.13. The third kappa shape index (κ3) is 4.08. The lowest BCUT2D eigenvalue weighted by atomic mass is 9.68. The van der Waals surface area contributed by atoms with Gasteiger partial charge in [0.25, 0.3) is 0 Å². The highest BCUT2D eigenvalue weighted by molar-refractivity contribution is 5.26. The molecule has 3 heteroatoms. The first-order chi connectivity index (χ1) is 11.7. The molecule has 2 N–H and O–H groups in total. The Morgan fingerprint density at radius 1 is 1.17 bits per heavy atom. The van der Waals surface area contributed by atoms with E-state index in [0.29, 0.717) is 12.0 Å². The fourth-order valence-electron chi connectivity index (χ4n) is 3.86. The van der Waals surface area contributed by atoms with Crippen LogP contribution in [0.15, 0.2) is 53.1 Å². The van der Waals surface area contributed by atoms with E-state index in [1.165, 1.54) is 12.0 Å². The predicted molar refractivity (Wildman–Crippen MR) is 95.8 cm³/mol. The van der Waals surface area contributed by atoms with E-state index in [1.807, 2.05) is 12.1 Å². The number of rotatable bonds is 7. The smallest absolute Gasteiger partial charge is 0.157 e. The molecule has 24 heavy (non-hydrogen) atoms. The number of quaternary nitrogens is 1. The highest BCUT2D eigenvalue weighted by Crippen LogP contribution is 2.41. The van der Waals surface area contributed by atoms with Crippen molar-refractivity contribution in [3.05, 3.63) is 60.1 Å². The normalized spacial score (nSPS) is 24.4. The van der Waals surface area contributed by atoms with E-state index in [0.717, 1.165) is 38.3 Å². The molecule has 1 aromatic heterocycles.